The molecule has 2 aromatic carbocycles. The number of thiophene rings is 1. The Labute approximate surface area is 227 Å². The molecule has 1 fully saturated rings. The number of nitrogens with one attached hydrogen (secondary N) is 1. The van der Waals surface area contributed by atoms with E-state index in [1.807, 2.05) is 71.3 Å². The topological polar surface area (TPSA) is 66.7 Å². The molecular formula is C31H32N4O2S. The van der Waals surface area contributed by atoms with E-state index in [0.717, 1.165) is 89.9 Å². The van der Waals surface area contributed by atoms with Crippen molar-refractivity contribution in [3.05, 3.63) is 81.9 Å². The number of aromatic nitrogens is 1. The number of aliphatic imine (C=N–C) groups is 1. The van der Waals surface area contributed by atoms with Crippen LogP contribution < -0.4 is 5.32 Å². The highest BCUT2D eigenvalue weighted by molar-refractivity contribution is 7.16. The number of carbonyl (C=O) groups excluding carboxylic acids is 2. The first kappa shape index (κ1) is 24.6. The van der Waals surface area contributed by atoms with E-state index in [2.05, 4.69) is 11.4 Å². The number of likely N-dealkylation sites (tertiary alicyclic amines) is 1. The second-order valence-corrected chi connectivity index (χ2v) is 11.4. The summed E-state index contributed by atoms with van der Waals surface area (Å²) in [5.74, 6) is 0.0618. The van der Waals surface area contributed by atoms with E-state index in [4.69, 9.17) is 4.99 Å². The second kappa shape index (κ2) is 10.6. The van der Waals surface area contributed by atoms with Crippen molar-refractivity contribution in [1.82, 2.24) is 9.47 Å². The standard InChI is InChI=1S/C31H32N4O2S/c1-21-12-14-23(15-13-21)33-30(37)29-25-9-3-5-11-27(25)38-31(29)32-18-22-19-35(26-10-4-2-8-24(22)26)20-28(36)34-16-6-7-17-34/h2,4,8,10,12-15,18-19H,3,5-7,9,11,16-17,20H2,1H3,(H,33,37). The molecule has 0 unspecified atom stereocenters. The first-order chi connectivity index (χ1) is 18.6. The van der Waals surface area contributed by atoms with E-state index in [1.54, 1.807) is 11.3 Å². The fourth-order valence-corrected chi connectivity index (χ4v) is 6.79. The minimum absolute atomic E-state index is 0.0981. The Bertz CT molecular complexity index is 1520. The summed E-state index contributed by atoms with van der Waals surface area (Å²) in [6.07, 6.45) is 10.2. The number of amides is 2. The maximum Gasteiger partial charge on any atom is 0.259 e. The highest BCUT2D eigenvalue weighted by Gasteiger charge is 2.25. The lowest BCUT2D eigenvalue weighted by Gasteiger charge is -2.15. The van der Waals surface area contributed by atoms with Gasteiger partial charge in [0.15, 0.2) is 0 Å². The SMILES string of the molecule is Cc1ccc(NC(=O)c2c(N=Cc3cn(CC(=O)N4CCCC4)c4ccccc34)sc3c2CCCC3)cc1. The van der Waals surface area contributed by atoms with Crippen LogP contribution in [0.4, 0.5) is 10.7 Å². The molecule has 2 aliphatic rings. The second-order valence-electron chi connectivity index (χ2n) is 10.3. The maximum absolute atomic E-state index is 13.5. The number of hydrogen-bond acceptors (Lipinski definition) is 4. The van der Waals surface area contributed by atoms with E-state index >= 15 is 0 Å². The summed E-state index contributed by atoms with van der Waals surface area (Å²) in [5.41, 5.74) is 5.76. The molecule has 2 aromatic heterocycles. The predicted octanol–water partition coefficient (Wildman–Crippen LogP) is 6.52. The number of rotatable bonds is 6. The quantitative estimate of drug-likeness (QED) is 0.292. The molecule has 0 bridgehead atoms. The third kappa shape index (κ3) is 4.90. The van der Waals surface area contributed by atoms with Crippen molar-refractivity contribution >= 4 is 51.0 Å². The Morgan fingerprint density at radius 1 is 1.00 bits per heavy atom. The lowest BCUT2D eigenvalue weighted by atomic mass is 9.95. The van der Waals surface area contributed by atoms with Crippen molar-refractivity contribution in [2.45, 2.75) is 52.0 Å². The van der Waals surface area contributed by atoms with Crippen LogP contribution in [-0.2, 0) is 24.2 Å². The van der Waals surface area contributed by atoms with Crippen LogP contribution in [0.15, 0.2) is 59.7 Å². The number of carbonyl (C=O) groups is 2. The zero-order valence-electron chi connectivity index (χ0n) is 21.7. The lowest BCUT2D eigenvalue weighted by molar-refractivity contribution is -0.130. The van der Waals surface area contributed by atoms with Gasteiger partial charge in [-0.2, -0.15) is 0 Å². The zero-order valence-corrected chi connectivity index (χ0v) is 22.5. The largest absolute Gasteiger partial charge is 0.341 e. The van der Waals surface area contributed by atoms with E-state index in [0.29, 0.717) is 12.1 Å². The molecule has 0 spiro atoms. The van der Waals surface area contributed by atoms with Gasteiger partial charge in [-0.1, -0.05) is 35.9 Å². The molecule has 4 aromatic rings. The highest BCUT2D eigenvalue weighted by Crippen LogP contribution is 2.40. The number of nitrogens with zero attached hydrogens (tertiary/aromatic N) is 3. The zero-order chi connectivity index (χ0) is 26.1. The summed E-state index contributed by atoms with van der Waals surface area (Å²) in [6, 6.07) is 16.0. The number of benzene rings is 2. The van der Waals surface area contributed by atoms with Gasteiger partial charge in [0, 0.05) is 52.5 Å². The van der Waals surface area contributed by atoms with E-state index in [9.17, 15) is 9.59 Å². The van der Waals surface area contributed by atoms with Crippen LogP contribution in [0, 0.1) is 6.92 Å². The molecular weight excluding hydrogens is 492 g/mol. The van der Waals surface area contributed by atoms with Gasteiger partial charge in [-0.05, 0) is 69.2 Å². The summed E-state index contributed by atoms with van der Waals surface area (Å²) in [4.78, 5) is 34.5. The highest BCUT2D eigenvalue weighted by atomic mass is 32.1. The van der Waals surface area contributed by atoms with Crippen molar-refractivity contribution in [1.29, 1.82) is 0 Å². The number of anilines is 1. The van der Waals surface area contributed by atoms with E-state index < -0.39 is 0 Å². The molecule has 1 aliphatic heterocycles. The molecule has 7 heteroatoms. The van der Waals surface area contributed by atoms with Gasteiger partial charge in [0.25, 0.3) is 5.91 Å². The average molecular weight is 525 g/mol. The molecule has 3 heterocycles. The van der Waals surface area contributed by atoms with Crippen LogP contribution in [0.25, 0.3) is 10.9 Å². The third-order valence-corrected chi connectivity index (χ3v) is 8.79. The molecule has 6 rings (SSSR count). The monoisotopic (exact) mass is 524 g/mol. The third-order valence-electron chi connectivity index (χ3n) is 7.59. The van der Waals surface area contributed by atoms with Crippen molar-refractivity contribution in [2.75, 3.05) is 18.4 Å². The minimum atomic E-state index is -0.0981. The van der Waals surface area contributed by atoms with Crippen LogP contribution in [0.3, 0.4) is 0 Å². The fraction of sp³-hybridized carbons (Fsp3) is 0.323. The molecule has 0 radical (unpaired) electrons. The normalized spacial score (nSPS) is 15.3. The van der Waals surface area contributed by atoms with Gasteiger partial charge in [-0.15, -0.1) is 11.3 Å². The number of para-hydroxylation sites is 1. The van der Waals surface area contributed by atoms with Gasteiger partial charge in [-0.25, -0.2) is 4.99 Å². The van der Waals surface area contributed by atoms with Gasteiger partial charge < -0.3 is 14.8 Å². The Morgan fingerprint density at radius 2 is 1.76 bits per heavy atom. The summed E-state index contributed by atoms with van der Waals surface area (Å²) >= 11 is 1.64. The van der Waals surface area contributed by atoms with Crippen molar-refractivity contribution in [3.63, 3.8) is 0 Å². The van der Waals surface area contributed by atoms with E-state index in [1.165, 1.54) is 4.88 Å². The van der Waals surface area contributed by atoms with Gasteiger partial charge in [0.05, 0.1) is 5.56 Å². The Balaban J connectivity index is 1.32. The molecule has 0 saturated carbocycles. The van der Waals surface area contributed by atoms with Crippen molar-refractivity contribution in [2.24, 2.45) is 4.99 Å². The molecule has 0 atom stereocenters. The van der Waals surface area contributed by atoms with Crippen molar-refractivity contribution < 1.29 is 9.59 Å². The van der Waals surface area contributed by atoms with Crippen LogP contribution in [0.5, 0.6) is 0 Å². The Kier molecular flexibility index (Phi) is 6.85. The van der Waals surface area contributed by atoms with Gasteiger partial charge in [-0.3, -0.25) is 9.59 Å². The number of aryl methyl sites for hydroxylation is 2. The summed E-state index contributed by atoms with van der Waals surface area (Å²) in [7, 11) is 0. The smallest absolute Gasteiger partial charge is 0.259 e. The summed E-state index contributed by atoms with van der Waals surface area (Å²) in [5, 5.41) is 4.90. The van der Waals surface area contributed by atoms with Gasteiger partial charge in [0.1, 0.15) is 11.5 Å². The predicted molar refractivity (Wildman–Crippen MR) is 155 cm³/mol. The molecule has 6 nitrogen and oxygen atoms in total. The molecule has 1 aliphatic carbocycles. The lowest BCUT2D eigenvalue weighted by Crippen LogP contribution is -2.30. The molecule has 2 amide bonds. The van der Waals surface area contributed by atoms with Crippen LogP contribution in [-0.4, -0.2) is 40.6 Å². The first-order valence-electron chi connectivity index (χ1n) is 13.5. The molecule has 1 saturated heterocycles. The molecule has 1 N–H and O–H groups in total. The van der Waals surface area contributed by atoms with Gasteiger partial charge in [0.2, 0.25) is 5.91 Å². The average Bonchev–Trinajstić information content (AvgIpc) is 3.67. The first-order valence-corrected chi connectivity index (χ1v) is 14.3. The number of fused-ring (bicyclic) bond motifs is 2. The summed E-state index contributed by atoms with van der Waals surface area (Å²) < 4.78 is 2.03. The molecule has 194 valence electrons. The Hall–Kier alpha value is -3.71. The number of hydrogen-bond donors (Lipinski definition) is 1. The maximum atomic E-state index is 13.5. The van der Waals surface area contributed by atoms with Crippen LogP contribution in [0.2, 0.25) is 0 Å². The minimum Gasteiger partial charge on any atom is -0.341 e. The van der Waals surface area contributed by atoms with E-state index in [-0.39, 0.29) is 11.8 Å². The Morgan fingerprint density at radius 3 is 2.58 bits per heavy atom. The summed E-state index contributed by atoms with van der Waals surface area (Å²) in [6.45, 7) is 4.06. The van der Waals surface area contributed by atoms with Crippen LogP contribution in [0.1, 0.15) is 57.6 Å². The van der Waals surface area contributed by atoms with Crippen LogP contribution >= 0.6 is 11.3 Å². The van der Waals surface area contributed by atoms with Crippen molar-refractivity contribution in [3.8, 4) is 0 Å². The molecule has 38 heavy (non-hydrogen) atoms. The fourth-order valence-electron chi connectivity index (χ4n) is 5.56. The van der Waals surface area contributed by atoms with Gasteiger partial charge >= 0.3 is 0 Å².